The second-order valence-electron chi connectivity index (χ2n) is 2.24. The van der Waals surface area contributed by atoms with Crippen LogP contribution in [0.25, 0.3) is 5.52 Å². The van der Waals surface area contributed by atoms with Crippen molar-refractivity contribution in [2.75, 3.05) is 0 Å². The topological polar surface area (TPSA) is 37.3 Å². The van der Waals surface area contributed by atoms with E-state index in [1.807, 2.05) is 0 Å². The molecule has 2 aromatic rings. The largest absolute Gasteiger partial charge is 0.330 e. The van der Waals surface area contributed by atoms with Crippen LogP contribution in [0, 0.1) is 5.82 Å². The maximum atomic E-state index is 12.5. The first-order chi connectivity index (χ1) is 5.27. The van der Waals surface area contributed by atoms with Crippen molar-refractivity contribution in [2.45, 2.75) is 0 Å². The summed E-state index contributed by atoms with van der Waals surface area (Å²) in [4.78, 5) is 13.3. The molecule has 11 heavy (non-hydrogen) atoms. The van der Waals surface area contributed by atoms with Crippen LogP contribution in [0.5, 0.6) is 0 Å². The molecule has 1 N–H and O–H groups in total. The molecule has 0 spiro atoms. The molecule has 3 nitrogen and oxygen atoms in total. The van der Waals surface area contributed by atoms with Gasteiger partial charge in [-0.25, -0.2) is 9.18 Å². The van der Waals surface area contributed by atoms with Gasteiger partial charge in [0, 0.05) is 12.4 Å². The number of aromatic amines is 1. The van der Waals surface area contributed by atoms with Gasteiger partial charge in [0.1, 0.15) is 5.82 Å². The van der Waals surface area contributed by atoms with Gasteiger partial charge in [0.15, 0.2) is 0 Å². The molecule has 2 aromatic heterocycles. The van der Waals surface area contributed by atoms with Crippen molar-refractivity contribution in [2.24, 2.45) is 0 Å². The van der Waals surface area contributed by atoms with Gasteiger partial charge in [0.2, 0.25) is 0 Å². The lowest BCUT2D eigenvalue weighted by molar-refractivity contribution is 0.618. The third-order valence-corrected chi connectivity index (χ3v) is 1.51. The number of pyridine rings is 1. The normalized spacial score (nSPS) is 10.6. The molecule has 0 aromatic carbocycles. The predicted molar refractivity (Wildman–Crippen MR) is 38.0 cm³/mol. The smallest absolute Gasteiger partial charge is 0.312 e. The lowest BCUT2D eigenvalue weighted by Crippen LogP contribution is -2.08. The van der Waals surface area contributed by atoms with E-state index in [2.05, 4.69) is 4.98 Å². The number of nitrogens with one attached hydrogen (secondary N) is 1. The van der Waals surface area contributed by atoms with Crippen LogP contribution in [0.2, 0.25) is 0 Å². The van der Waals surface area contributed by atoms with Crippen molar-refractivity contribution >= 4 is 5.52 Å². The second kappa shape index (κ2) is 1.95. The Morgan fingerprint density at radius 1 is 1.45 bits per heavy atom. The highest BCUT2D eigenvalue weighted by Gasteiger charge is 1.96. The van der Waals surface area contributed by atoms with E-state index in [1.165, 1.54) is 22.7 Å². The fourth-order valence-corrected chi connectivity index (χ4v) is 0.985. The van der Waals surface area contributed by atoms with Crippen LogP contribution in [0.1, 0.15) is 0 Å². The molecule has 2 heterocycles. The summed E-state index contributed by atoms with van der Waals surface area (Å²) in [6, 6.07) is 2.84. The maximum Gasteiger partial charge on any atom is 0.330 e. The molecular formula is C7H5FN2O. The Morgan fingerprint density at radius 3 is 3.09 bits per heavy atom. The maximum absolute atomic E-state index is 12.5. The number of fused-ring (bicyclic) bond motifs is 1. The number of imidazole rings is 1. The SMILES string of the molecule is O=c1[nH]cc2ccc(F)cn12. The Hall–Kier alpha value is -1.58. The Morgan fingerprint density at radius 2 is 2.27 bits per heavy atom. The first kappa shape index (κ1) is 6.15. The van der Waals surface area contributed by atoms with Crippen LogP contribution in [-0.4, -0.2) is 9.38 Å². The van der Waals surface area contributed by atoms with Crippen molar-refractivity contribution < 1.29 is 4.39 Å². The number of nitrogens with zero attached hydrogens (tertiary/aromatic N) is 1. The number of aromatic nitrogens is 2. The molecule has 0 aliphatic carbocycles. The summed E-state index contributed by atoms with van der Waals surface area (Å²) in [5.74, 6) is -0.417. The standard InChI is InChI=1S/C7H5FN2O/c8-5-1-2-6-3-9-7(11)10(6)4-5/h1-4H,(H,9,11). The van der Waals surface area contributed by atoms with Gasteiger partial charge in [0.25, 0.3) is 0 Å². The molecular weight excluding hydrogens is 147 g/mol. The Kier molecular flexibility index (Phi) is 1.09. The van der Waals surface area contributed by atoms with E-state index in [0.29, 0.717) is 5.52 Å². The highest BCUT2D eigenvalue weighted by atomic mass is 19.1. The van der Waals surface area contributed by atoms with Gasteiger partial charge in [-0.2, -0.15) is 0 Å². The van der Waals surface area contributed by atoms with Gasteiger partial charge < -0.3 is 4.98 Å². The van der Waals surface area contributed by atoms with E-state index in [4.69, 9.17) is 0 Å². The zero-order valence-electron chi connectivity index (χ0n) is 5.54. The summed E-state index contributed by atoms with van der Waals surface area (Å²) < 4.78 is 13.7. The van der Waals surface area contributed by atoms with E-state index in [-0.39, 0.29) is 5.69 Å². The van der Waals surface area contributed by atoms with E-state index in [1.54, 1.807) is 0 Å². The fraction of sp³-hybridized carbons (Fsp3) is 0. The van der Waals surface area contributed by atoms with Gasteiger partial charge in [-0.05, 0) is 12.1 Å². The lowest BCUT2D eigenvalue weighted by Gasteiger charge is -1.89. The summed E-state index contributed by atoms with van der Waals surface area (Å²) in [6.45, 7) is 0. The van der Waals surface area contributed by atoms with Crippen LogP contribution >= 0.6 is 0 Å². The average Bonchev–Trinajstić information content (AvgIpc) is 2.33. The Labute approximate surface area is 61.1 Å². The summed E-state index contributed by atoms with van der Waals surface area (Å²) in [5.41, 5.74) is 0.343. The lowest BCUT2D eigenvalue weighted by atomic mass is 10.4. The first-order valence-corrected chi connectivity index (χ1v) is 3.13. The molecule has 0 bridgehead atoms. The third-order valence-electron chi connectivity index (χ3n) is 1.51. The molecule has 0 saturated carbocycles. The van der Waals surface area contributed by atoms with Crippen molar-refractivity contribution in [1.29, 1.82) is 0 Å². The fourth-order valence-electron chi connectivity index (χ4n) is 0.985. The van der Waals surface area contributed by atoms with Crippen molar-refractivity contribution in [3.8, 4) is 0 Å². The van der Waals surface area contributed by atoms with Crippen molar-refractivity contribution in [3.63, 3.8) is 0 Å². The Balaban J connectivity index is 2.99. The average molecular weight is 152 g/mol. The molecule has 0 aliphatic heterocycles. The molecule has 0 saturated heterocycles. The number of halogens is 1. The van der Waals surface area contributed by atoms with Gasteiger partial charge >= 0.3 is 5.69 Å². The van der Waals surface area contributed by atoms with Crippen LogP contribution in [0.4, 0.5) is 4.39 Å². The molecule has 0 amide bonds. The molecule has 0 unspecified atom stereocenters. The van der Waals surface area contributed by atoms with Gasteiger partial charge in [-0.15, -0.1) is 0 Å². The van der Waals surface area contributed by atoms with Crippen LogP contribution in [0.15, 0.2) is 29.3 Å². The van der Waals surface area contributed by atoms with Gasteiger partial charge in [-0.1, -0.05) is 0 Å². The van der Waals surface area contributed by atoms with Crippen molar-refractivity contribution in [3.05, 3.63) is 40.8 Å². The van der Waals surface area contributed by atoms with Crippen LogP contribution in [-0.2, 0) is 0 Å². The molecule has 0 atom stereocenters. The van der Waals surface area contributed by atoms with E-state index in [9.17, 15) is 9.18 Å². The zero-order chi connectivity index (χ0) is 7.84. The molecule has 0 fully saturated rings. The number of hydrogen-bond donors (Lipinski definition) is 1. The number of rotatable bonds is 0. The van der Waals surface area contributed by atoms with E-state index >= 15 is 0 Å². The second-order valence-corrected chi connectivity index (χ2v) is 2.24. The summed E-state index contributed by atoms with van der Waals surface area (Å²) in [7, 11) is 0. The zero-order valence-corrected chi connectivity index (χ0v) is 5.54. The molecule has 0 radical (unpaired) electrons. The molecule has 2 rings (SSSR count). The molecule has 4 heteroatoms. The van der Waals surface area contributed by atoms with E-state index in [0.717, 1.165) is 6.20 Å². The monoisotopic (exact) mass is 152 g/mol. The first-order valence-electron chi connectivity index (χ1n) is 3.13. The third kappa shape index (κ3) is 0.832. The minimum absolute atomic E-state index is 0.320. The summed E-state index contributed by atoms with van der Waals surface area (Å²) >= 11 is 0. The summed E-state index contributed by atoms with van der Waals surface area (Å²) in [6.07, 6.45) is 2.68. The van der Waals surface area contributed by atoms with E-state index < -0.39 is 5.82 Å². The molecule has 0 aliphatic rings. The van der Waals surface area contributed by atoms with Crippen molar-refractivity contribution in [1.82, 2.24) is 9.38 Å². The highest BCUT2D eigenvalue weighted by Crippen LogP contribution is 2.00. The van der Waals surface area contributed by atoms with Crippen LogP contribution < -0.4 is 5.69 Å². The Bertz CT molecular complexity index is 443. The predicted octanol–water partition coefficient (Wildman–Crippen LogP) is 0.767. The highest BCUT2D eigenvalue weighted by molar-refractivity contribution is 5.43. The summed E-state index contributed by atoms with van der Waals surface area (Å²) in [5, 5.41) is 0. The number of H-pyrrole nitrogens is 1. The van der Waals surface area contributed by atoms with Gasteiger partial charge in [-0.3, -0.25) is 4.40 Å². The quantitative estimate of drug-likeness (QED) is 0.594. The minimum Gasteiger partial charge on any atom is -0.312 e. The van der Waals surface area contributed by atoms with Crippen LogP contribution in [0.3, 0.4) is 0 Å². The van der Waals surface area contributed by atoms with Gasteiger partial charge in [0.05, 0.1) is 5.52 Å². The number of hydrogen-bond acceptors (Lipinski definition) is 1. The minimum atomic E-state index is -0.417. The molecule has 56 valence electrons.